The van der Waals surface area contributed by atoms with E-state index in [1.807, 2.05) is 48.2 Å². The number of ether oxygens (including phenoxy) is 1. The monoisotopic (exact) mass is 340 g/mol. The molecule has 1 fully saturated rings. The first-order valence-electron chi connectivity index (χ1n) is 8.18. The number of carbonyl (C=O) groups excluding carboxylic acids is 1. The lowest BCUT2D eigenvalue weighted by molar-refractivity contribution is -0.122. The van der Waals surface area contributed by atoms with Crippen LogP contribution in [0.15, 0.2) is 30.6 Å². The normalized spacial score (nSPS) is 19.7. The van der Waals surface area contributed by atoms with Gasteiger partial charge in [-0.25, -0.2) is 9.97 Å². The second-order valence-corrected chi connectivity index (χ2v) is 6.27. The van der Waals surface area contributed by atoms with Crippen LogP contribution in [0.2, 0.25) is 0 Å². The van der Waals surface area contributed by atoms with E-state index in [2.05, 4.69) is 20.6 Å². The fourth-order valence-electron chi connectivity index (χ4n) is 3.28. The van der Waals surface area contributed by atoms with Gasteiger partial charge in [-0.1, -0.05) is 0 Å². The number of piperazine rings is 1. The Labute approximate surface area is 145 Å². The van der Waals surface area contributed by atoms with Crippen LogP contribution in [-0.2, 0) is 4.79 Å². The van der Waals surface area contributed by atoms with Crippen molar-refractivity contribution in [3.8, 4) is 5.75 Å². The highest BCUT2D eigenvalue weighted by Crippen LogP contribution is 2.38. The van der Waals surface area contributed by atoms with Crippen LogP contribution in [0.1, 0.15) is 0 Å². The molecular formula is C17H20N6O2. The van der Waals surface area contributed by atoms with E-state index in [9.17, 15) is 4.79 Å². The average Bonchev–Trinajstić information content (AvgIpc) is 2.61. The first-order chi connectivity index (χ1) is 12.1. The topological polar surface area (TPSA) is 82.6 Å². The second kappa shape index (κ2) is 6.21. The van der Waals surface area contributed by atoms with Crippen LogP contribution in [0.25, 0.3) is 0 Å². The SMILES string of the molecule is CNc1cc(Nc2ccc3c(c2)OC[C@H]2CN(C)CC(=O)N32)ncn1. The first kappa shape index (κ1) is 15.6. The molecular weight excluding hydrogens is 320 g/mol. The zero-order valence-corrected chi connectivity index (χ0v) is 14.2. The maximum absolute atomic E-state index is 12.4. The summed E-state index contributed by atoms with van der Waals surface area (Å²) in [4.78, 5) is 24.6. The van der Waals surface area contributed by atoms with Crippen molar-refractivity contribution in [1.82, 2.24) is 14.9 Å². The van der Waals surface area contributed by atoms with Gasteiger partial charge in [0.2, 0.25) is 5.91 Å². The number of fused-ring (bicyclic) bond motifs is 3. The molecule has 8 heteroatoms. The Morgan fingerprint density at radius 3 is 2.92 bits per heavy atom. The van der Waals surface area contributed by atoms with Crippen molar-refractivity contribution in [3.05, 3.63) is 30.6 Å². The van der Waals surface area contributed by atoms with E-state index in [0.717, 1.165) is 23.7 Å². The predicted octanol–water partition coefficient (Wildman–Crippen LogP) is 1.30. The van der Waals surface area contributed by atoms with Crippen molar-refractivity contribution in [1.29, 1.82) is 0 Å². The van der Waals surface area contributed by atoms with Gasteiger partial charge in [0.15, 0.2) is 0 Å². The van der Waals surface area contributed by atoms with Gasteiger partial charge in [-0.3, -0.25) is 9.69 Å². The number of amides is 1. The molecule has 25 heavy (non-hydrogen) atoms. The Hall–Kier alpha value is -2.87. The molecule has 0 bridgehead atoms. The number of likely N-dealkylation sites (N-methyl/N-ethyl adjacent to an activating group) is 1. The Balaban J connectivity index is 1.59. The molecule has 1 aromatic heterocycles. The van der Waals surface area contributed by atoms with Gasteiger partial charge in [0.25, 0.3) is 0 Å². The molecule has 2 N–H and O–H groups in total. The Bertz CT molecular complexity index is 811. The molecule has 2 aromatic rings. The molecule has 3 heterocycles. The lowest BCUT2D eigenvalue weighted by Gasteiger charge is -2.43. The van der Waals surface area contributed by atoms with Gasteiger partial charge in [-0.2, -0.15) is 0 Å². The van der Waals surface area contributed by atoms with Crippen molar-refractivity contribution in [2.75, 3.05) is 49.3 Å². The highest BCUT2D eigenvalue weighted by atomic mass is 16.5. The number of hydrogen-bond acceptors (Lipinski definition) is 7. The van der Waals surface area contributed by atoms with Gasteiger partial charge >= 0.3 is 0 Å². The summed E-state index contributed by atoms with van der Waals surface area (Å²) in [6.07, 6.45) is 1.50. The van der Waals surface area contributed by atoms with E-state index >= 15 is 0 Å². The molecule has 1 aromatic carbocycles. The Morgan fingerprint density at radius 2 is 2.08 bits per heavy atom. The summed E-state index contributed by atoms with van der Waals surface area (Å²) in [6.45, 7) is 1.76. The number of nitrogens with zero attached hydrogens (tertiary/aromatic N) is 4. The first-order valence-corrected chi connectivity index (χ1v) is 8.18. The van der Waals surface area contributed by atoms with Crippen LogP contribution in [0, 0.1) is 0 Å². The molecule has 0 unspecified atom stereocenters. The maximum Gasteiger partial charge on any atom is 0.241 e. The largest absolute Gasteiger partial charge is 0.489 e. The van der Waals surface area contributed by atoms with Gasteiger partial charge in [0.05, 0.1) is 18.3 Å². The number of rotatable bonds is 3. The van der Waals surface area contributed by atoms with Crippen LogP contribution < -0.4 is 20.3 Å². The molecule has 0 aliphatic carbocycles. The van der Waals surface area contributed by atoms with Crippen LogP contribution >= 0.6 is 0 Å². The van der Waals surface area contributed by atoms with Gasteiger partial charge in [-0.05, 0) is 19.2 Å². The summed E-state index contributed by atoms with van der Waals surface area (Å²) < 4.78 is 5.91. The lowest BCUT2D eigenvalue weighted by Crippen LogP contribution is -2.59. The fourth-order valence-corrected chi connectivity index (χ4v) is 3.28. The van der Waals surface area contributed by atoms with Crippen molar-refractivity contribution < 1.29 is 9.53 Å². The molecule has 0 spiro atoms. The van der Waals surface area contributed by atoms with Crippen LogP contribution in [0.5, 0.6) is 5.75 Å². The van der Waals surface area contributed by atoms with Crippen molar-refractivity contribution in [2.45, 2.75) is 6.04 Å². The van der Waals surface area contributed by atoms with E-state index in [1.165, 1.54) is 6.33 Å². The summed E-state index contributed by atoms with van der Waals surface area (Å²) in [7, 11) is 3.77. The van der Waals surface area contributed by atoms with Crippen LogP contribution in [0.3, 0.4) is 0 Å². The number of nitrogens with one attached hydrogen (secondary N) is 2. The zero-order chi connectivity index (χ0) is 17.4. The minimum atomic E-state index is 0.0672. The van der Waals surface area contributed by atoms with E-state index < -0.39 is 0 Å². The highest BCUT2D eigenvalue weighted by Gasteiger charge is 2.37. The third-order valence-electron chi connectivity index (χ3n) is 4.41. The number of benzene rings is 1. The van der Waals surface area contributed by atoms with Crippen LogP contribution in [0.4, 0.5) is 23.0 Å². The predicted molar refractivity (Wildman–Crippen MR) is 95.6 cm³/mol. The summed E-state index contributed by atoms with van der Waals surface area (Å²) in [6, 6.07) is 7.64. The minimum absolute atomic E-state index is 0.0672. The van der Waals surface area contributed by atoms with Gasteiger partial charge < -0.3 is 20.3 Å². The van der Waals surface area contributed by atoms with Crippen molar-refractivity contribution in [2.24, 2.45) is 0 Å². The summed E-state index contributed by atoms with van der Waals surface area (Å²) in [5.41, 5.74) is 1.68. The molecule has 8 nitrogen and oxygen atoms in total. The number of anilines is 4. The maximum atomic E-state index is 12.4. The molecule has 130 valence electrons. The van der Waals surface area contributed by atoms with E-state index in [4.69, 9.17) is 4.74 Å². The molecule has 1 amide bonds. The molecule has 4 rings (SSSR count). The molecule has 0 saturated carbocycles. The summed E-state index contributed by atoms with van der Waals surface area (Å²) in [5, 5.41) is 6.21. The van der Waals surface area contributed by atoms with Crippen LogP contribution in [-0.4, -0.2) is 60.6 Å². The van der Waals surface area contributed by atoms with Crippen molar-refractivity contribution >= 4 is 28.9 Å². The zero-order valence-electron chi connectivity index (χ0n) is 14.2. The molecule has 2 aliphatic heterocycles. The Kier molecular flexibility index (Phi) is 3.89. The highest BCUT2D eigenvalue weighted by molar-refractivity contribution is 5.98. The van der Waals surface area contributed by atoms with Crippen molar-refractivity contribution in [3.63, 3.8) is 0 Å². The molecule has 2 aliphatic rings. The minimum Gasteiger partial charge on any atom is -0.489 e. The number of carbonyl (C=O) groups is 1. The van der Waals surface area contributed by atoms with E-state index in [1.54, 1.807) is 0 Å². The fraction of sp³-hybridized carbons (Fsp3) is 0.353. The number of hydrogen-bond donors (Lipinski definition) is 2. The van der Waals surface area contributed by atoms with E-state index in [-0.39, 0.29) is 11.9 Å². The lowest BCUT2D eigenvalue weighted by atomic mass is 10.1. The van der Waals surface area contributed by atoms with E-state index in [0.29, 0.717) is 24.7 Å². The molecule has 1 saturated heterocycles. The summed E-state index contributed by atoms with van der Waals surface area (Å²) in [5.74, 6) is 2.24. The van der Waals surface area contributed by atoms with Gasteiger partial charge in [0, 0.05) is 31.4 Å². The van der Waals surface area contributed by atoms with Gasteiger partial charge in [-0.15, -0.1) is 0 Å². The third-order valence-corrected chi connectivity index (χ3v) is 4.41. The quantitative estimate of drug-likeness (QED) is 0.871. The number of aromatic nitrogens is 2. The van der Waals surface area contributed by atoms with Gasteiger partial charge in [0.1, 0.15) is 30.3 Å². The standard InChI is InChI=1S/C17H20N6O2/c1-18-15-6-16(20-10-19-15)21-11-3-4-13-14(5-11)25-9-12-7-22(2)8-17(24)23(12)13/h3-6,10,12H,7-9H2,1-2H3,(H2,18,19,20,21)/t12-/m1/s1. The smallest absolute Gasteiger partial charge is 0.241 e. The summed E-state index contributed by atoms with van der Waals surface area (Å²) >= 11 is 0. The Morgan fingerprint density at radius 1 is 1.24 bits per heavy atom. The molecule has 1 atom stereocenters. The third kappa shape index (κ3) is 2.96. The molecule has 0 radical (unpaired) electrons. The average molecular weight is 340 g/mol. The second-order valence-electron chi connectivity index (χ2n) is 6.27.